The highest BCUT2D eigenvalue weighted by Gasteiger charge is 2.41. The molecule has 1 saturated heterocycles. The van der Waals surface area contributed by atoms with Crippen molar-refractivity contribution in [3.8, 4) is 5.69 Å². The van der Waals surface area contributed by atoms with Gasteiger partial charge in [-0.1, -0.05) is 30.3 Å². The Balaban J connectivity index is 1.50. The molecule has 0 bridgehead atoms. The van der Waals surface area contributed by atoms with Crippen molar-refractivity contribution in [2.24, 2.45) is 0 Å². The van der Waals surface area contributed by atoms with E-state index in [1.54, 1.807) is 42.5 Å². The second-order valence-electron chi connectivity index (χ2n) is 8.70. The summed E-state index contributed by atoms with van der Waals surface area (Å²) in [4.78, 5) is 15.0. The van der Waals surface area contributed by atoms with Crippen LogP contribution in [0.3, 0.4) is 0 Å². The summed E-state index contributed by atoms with van der Waals surface area (Å²) in [5.74, 6) is -0.320. The van der Waals surface area contributed by atoms with Gasteiger partial charge in [-0.2, -0.15) is 18.3 Å². The van der Waals surface area contributed by atoms with Crippen LogP contribution in [0, 0.1) is 5.82 Å². The lowest BCUT2D eigenvalue weighted by atomic mass is 9.70. The fourth-order valence-electron chi connectivity index (χ4n) is 4.67. The number of halogens is 4. The highest BCUT2D eigenvalue weighted by atomic mass is 19.4. The van der Waals surface area contributed by atoms with Crippen LogP contribution in [0.2, 0.25) is 0 Å². The maximum absolute atomic E-state index is 13.4. The quantitative estimate of drug-likeness (QED) is 0.316. The van der Waals surface area contributed by atoms with E-state index in [1.807, 2.05) is 11.8 Å². The first-order valence-electron chi connectivity index (χ1n) is 11.0. The van der Waals surface area contributed by atoms with E-state index in [9.17, 15) is 22.4 Å². The minimum Gasteiger partial charge on any atom is -0.336 e. The van der Waals surface area contributed by atoms with Gasteiger partial charge in [-0.05, 0) is 61.2 Å². The number of hydrogen-bond donors (Lipinski definition) is 0. The Kier molecular flexibility index (Phi) is 6.34. The van der Waals surface area contributed by atoms with Gasteiger partial charge in [0.15, 0.2) is 5.69 Å². The number of benzene rings is 2. The molecule has 1 aliphatic heterocycles. The van der Waals surface area contributed by atoms with Crippen LogP contribution >= 0.6 is 0 Å². The third-order valence-electron chi connectivity index (χ3n) is 6.62. The molecule has 0 aliphatic carbocycles. The van der Waals surface area contributed by atoms with Crippen molar-refractivity contribution in [2.75, 3.05) is 6.54 Å². The molecular formula is C26H25F4N3O. The predicted octanol–water partition coefficient (Wildman–Crippen LogP) is 6.23. The van der Waals surface area contributed by atoms with E-state index in [0.29, 0.717) is 31.5 Å². The molecule has 0 saturated carbocycles. The Morgan fingerprint density at radius 3 is 2.35 bits per heavy atom. The van der Waals surface area contributed by atoms with E-state index in [-0.39, 0.29) is 17.8 Å². The van der Waals surface area contributed by atoms with E-state index in [4.69, 9.17) is 0 Å². The molecule has 1 fully saturated rings. The van der Waals surface area contributed by atoms with Crippen molar-refractivity contribution in [3.63, 3.8) is 0 Å². The summed E-state index contributed by atoms with van der Waals surface area (Å²) < 4.78 is 53.1. The normalized spacial score (nSPS) is 19.8. The molecule has 1 amide bonds. The Morgan fingerprint density at radius 2 is 1.79 bits per heavy atom. The molecule has 2 aromatic carbocycles. The molecular weight excluding hydrogens is 446 g/mol. The maximum Gasteiger partial charge on any atom is 0.435 e. The Morgan fingerprint density at radius 1 is 1.12 bits per heavy atom. The van der Waals surface area contributed by atoms with Crippen molar-refractivity contribution in [1.82, 2.24) is 14.7 Å². The lowest BCUT2D eigenvalue weighted by Gasteiger charge is -2.43. The average molecular weight is 471 g/mol. The number of amides is 1. The Labute approximate surface area is 195 Å². The lowest BCUT2D eigenvalue weighted by Crippen LogP contribution is -2.47. The van der Waals surface area contributed by atoms with Crippen molar-refractivity contribution >= 4 is 5.91 Å². The van der Waals surface area contributed by atoms with Gasteiger partial charge < -0.3 is 4.90 Å². The molecule has 8 heteroatoms. The van der Waals surface area contributed by atoms with Gasteiger partial charge in [-0.3, -0.25) is 4.79 Å². The van der Waals surface area contributed by atoms with Crippen LogP contribution in [0.25, 0.3) is 5.69 Å². The average Bonchev–Trinajstić information content (AvgIpc) is 3.31. The van der Waals surface area contributed by atoms with E-state index in [1.165, 1.54) is 23.0 Å². The number of hydrogen-bond acceptors (Lipinski definition) is 2. The van der Waals surface area contributed by atoms with Crippen molar-refractivity contribution < 1.29 is 22.4 Å². The molecule has 178 valence electrons. The van der Waals surface area contributed by atoms with E-state index in [2.05, 4.69) is 11.7 Å². The molecule has 0 unspecified atom stereocenters. The second-order valence-corrected chi connectivity index (χ2v) is 8.70. The second kappa shape index (κ2) is 9.08. The monoisotopic (exact) mass is 471 g/mol. The first kappa shape index (κ1) is 23.7. The maximum atomic E-state index is 13.4. The zero-order valence-corrected chi connectivity index (χ0v) is 18.7. The van der Waals surface area contributed by atoms with Crippen LogP contribution in [-0.4, -0.2) is 27.1 Å². The van der Waals surface area contributed by atoms with Crippen molar-refractivity contribution in [3.05, 3.63) is 96.1 Å². The summed E-state index contributed by atoms with van der Waals surface area (Å²) in [5, 5.41) is 3.59. The molecule has 1 aliphatic rings. The largest absolute Gasteiger partial charge is 0.435 e. The van der Waals surface area contributed by atoms with E-state index >= 15 is 0 Å². The van der Waals surface area contributed by atoms with Gasteiger partial charge in [0.2, 0.25) is 5.91 Å². The van der Waals surface area contributed by atoms with Crippen LogP contribution in [0.4, 0.5) is 17.6 Å². The SMILES string of the molecule is C=CC[C@]1(c2ccc(F)cc2)CCN([C@@H](C)c2ccc(-n3ccc(C(F)(F)F)n3)cc2)C(=O)C1. The molecule has 2 atom stereocenters. The summed E-state index contributed by atoms with van der Waals surface area (Å²) in [6.07, 6.45) is 0.193. The summed E-state index contributed by atoms with van der Waals surface area (Å²) in [6.45, 7) is 6.31. The molecule has 4 nitrogen and oxygen atoms in total. The molecule has 1 aromatic heterocycles. The van der Waals surface area contributed by atoms with Crippen molar-refractivity contribution in [2.45, 2.75) is 43.8 Å². The summed E-state index contributed by atoms with van der Waals surface area (Å²) in [6, 6.07) is 14.0. The van der Waals surface area contributed by atoms with Gasteiger partial charge in [-0.25, -0.2) is 9.07 Å². The third-order valence-corrected chi connectivity index (χ3v) is 6.62. The number of allylic oxidation sites excluding steroid dienone is 1. The van der Waals surface area contributed by atoms with Crippen LogP contribution in [0.1, 0.15) is 49.0 Å². The topological polar surface area (TPSA) is 38.1 Å². The number of carbonyl (C=O) groups excluding carboxylic acids is 1. The molecule has 3 aromatic rings. The van der Waals surface area contributed by atoms with Crippen LogP contribution in [-0.2, 0) is 16.4 Å². The van der Waals surface area contributed by atoms with Gasteiger partial charge in [0, 0.05) is 24.6 Å². The molecule has 2 heterocycles. The molecule has 4 rings (SSSR count). The Bertz CT molecular complexity index is 1170. The molecule has 0 radical (unpaired) electrons. The van der Waals surface area contributed by atoms with E-state index < -0.39 is 17.3 Å². The van der Waals surface area contributed by atoms with Gasteiger partial charge in [0.05, 0.1) is 11.7 Å². The van der Waals surface area contributed by atoms with Crippen molar-refractivity contribution in [1.29, 1.82) is 0 Å². The summed E-state index contributed by atoms with van der Waals surface area (Å²) in [7, 11) is 0. The zero-order chi connectivity index (χ0) is 24.5. The van der Waals surface area contributed by atoms with Crippen LogP contribution < -0.4 is 0 Å². The number of rotatable bonds is 6. The first-order valence-corrected chi connectivity index (χ1v) is 11.0. The minimum absolute atomic E-state index is 0.00380. The fraction of sp³-hybridized carbons (Fsp3) is 0.308. The number of aromatic nitrogens is 2. The third kappa shape index (κ3) is 4.62. The Hall–Kier alpha value is -3.42. The highest BCUT2D eigenvalue weighted by Crippen LogP contribution is 2.41. The number of nitrogens with zero attached hydrogens (tertiary/aromatic N) is 3. The highest BCUT2D eigenvalue weighted by molar-refractivity contribution is 5.79. The van der Waals surface area contributed by atoms with Gasteiger partial charge in [0.1, 0.15) is 5.82 Å². The fourth-order valence-corrected chi connectivity index (χ4v) is 4.67. The predicted molar refractivity (Wildman–Crippen MR) is 121 cm³/mol. The molecule has 0 spiro atoms. The lowest BCUT2D eigenvalue weighted by molar-refractivity contribution is -0.141. The minimum atomic E-state index is -4.50. The number of likely N-dealkylation sites (tertiary alicyclic amines) is 1. The molecule has 34 heavy (non-hydrogen) atoms. The number of piperidine rings is 1. The first-order chi connectivity index (χ1) is 16.1. The standard InChI is InChI=1S/C26H25F4N3O/c1-3-13-25(20-6-8-21(27)9-7-20)14-16-32(24(34)17-25)18(2)19-4-10-22(11-5-19)33-15-12-23(31-33)26(28,29)30/h3-12,15,18H,1,13-14,16-17H2,2H3/t18-,25-/m0/s1. The van der Waals surface area contributed by atoms with Gasteiger partial charge in [-0.15, -0.1) is 6.58 Å². The van der Waals surface area contributed by atoms with Crippen LogP contribution in [0.5, 0.6) is 0 Å². The van der Waals surface area contributed by atoms with Gasteiger partial charge >= 0.3 is 6.18 Å². The number of carbonyl (C=O) groups is 1. The van der Waals surface area contributed by atoms with Gasteiger partial charge in [0.25, 0.3) is 0 Å². The number of alkyl halides is 3. The van der Waals surface area contributed by atoms with E-state index in [0.717, 1.165) is 17.2 Å². The molecule has 0 N–H and O–H groups in total. The summed E-state index contributed by atoms with van der Waals surface area (Å²) in [5.41, 5.74) is 0.934. The zero-order valence-electron chi connectivity index (χ0n) is 18.7. The smallest absolute Gasteiger partial charge is 0.336 e. The summed E-state index contributed by atoms with van der Waals surface area (Å²) >= 11 is 0. The van der Waals surface area contributed by atoms with Crippen LogP contribution in [0.15, 0.2) is 73.4 Å².